The lowest BCUT2D eigenvalue weighted by Crippen LogP contribution is -2.45. The summed E-state index contributed by atoms with van der Waals surface area (Å²) in [5, 5.41) is 24.8. The molecule has 2 saturated heterocycles. The van der Waals surface area contributed by atoms with Crippen molar-refractivity contribution in [2.24, 2.45) is 0 Å². The van der Waals surface area contributed by atoms with E-state index in [0.717, 1.165) is 0 Å². The van der Waals surface area contributed by atoms with Crippen molar-refractivity contribution in [1.29, 1.82) is 0 Å². The Bertz CT molecular complexity index is 1100. The highest BCUT2D eigenvalue weighted by molar-refractivity contribution is 6.30. The van der Waals surface area contributed by atoms with Gasteiger partial charge in [0.1, 0.15) is 18.8 Å². The number of likely N-dealkylation sites (tertiary alicyclic amines) is 1. The maximum absolute atomic E-state index is 13.2. The van der Waals surface area contributed by atoms with Crippen molar-refractivity contribution >= 4 is 46.5 Å². The van der Waals surface area contributed by atoms with Gasteiger partial charge < -0.3 is 40.1 Å². The molecular weight excluding hydrogens is 504 g/mol. The van der Waals surface area contributed by atoms with Gasteiger partial charge in [0, 0.05) is 41.6 Å². The third-order valence-corrected chi connectivity index (χ3v) is 6.34. The van der Waals surface area contributed by atoms with Gasteiger partial charge in [0.05, 0.1) is 25.9 Å². The van der Waals surface area contributed by atoms with Crippen LogP contribution in [0.15, 0.2) is 48.5 Å². The van der Waals surface area contributed by atoms with Gasteiger partial charge in [0.15, 0.2) is 0 Å². The Balaban J connectivity index is 1.44. The van der Waals surface area contributed by atoms with Crippen LogP contribution in [0.2, 0.25) is 5.02 Å². The van der Waals surface area contributed by atoms with Crippen LogP contribution in [-0.2, 0) is 19.1 Å². The van der Waals surface area contributed by atoms with E-state index in [1.54, 1.807) is 53.4 Å². The lowest BCUT2D eigenvalue weighted by atomic mass is 10.1. The first kappa shape index (κ1) is 26.8. The van der Waals surface area contributed by atoms with Crippen LogP contribution in [0.25, 0.3) is 0 Å². The van der Waals surface area contributed by atoms with E-state index in [1.165, 1.54) is 4.90 Å². The Morgan fingerprint density at radius 3 is 2.46 bits per heavy atom. The number of aliphatic hydroxyl groups is 2. The van der Waals surface area contributed by atoms with Crippen LogP contribution < -0.4 is 15.5 Å². The van der Waals surface area contributed by atoms with Gasteiger partial charge in [-0.05, 0) is 48.5 Å². The summed E-state index contributed by atoms with van der Waals surface area (Å²) in [6, 6.07) is 12.1. The van der Waals surface area contributed by atoms with Gasteiger partial charge in [-0.25, -0.2) is 4.79 Å². The highest BCUT2D eigenvalue weighted by Crippen LogP contribution is 2.25. The Labute approximate surface area is 218 Å². The molecule has 2 aromatic carbocycles. The molecule has 11 nitrogen and oxygen atoms in total. The molecule has 0 saturated carbocycles. The van der Waals surface area contributed by atoms with Crippen molar-refractivity contribution in [2.75, 3.05) is 55.1 Å². The molecule has 0 aliphatic carbocycles. The number of nitrogens with one attached hydrogen (secondary N) is 2. The number of carbonyl (C=O) groups excluding carboxylic acids is 3. The third kappa shape index (κ3) is 6.96. The average Bonchev–Trinajstić information content (AvgIpc) is 3.34. The molecule has 3 atom stereocenters. The number of aliphatic hydroxyl groups excluding tert-OH is 2. The zero-order chi connectivity index (χ0) is 26.4. The number of rotatable bonds is 8. The molecule has 2 aliphatic rings. The summed E-state index contributed by atoms with van der Waals surface area (Å²) in [5.41, 5.74) is 1.72. The molecule has 1 unspecified atom stereocenters. The minimum Gasteiger partial charge on any atom is -0.394 e. The van der Waals surface area contributed by atoms with Crippen LogP contribution in [0.4, 0.5) is 21.9 Å². The fourth-order valence-electron chi connectivity index (χ4n) is 4.16. The first-order valence-electron chi connectivity index (χ1n) is 11.9. The van der Waals surface area contributed by atoms with Gasteiger partial charge in [-0.15, -0.1) is 0 Å². The minimum atomic E-state index is -1.05. The standard InChI is InChI=1S/C25H29ClN4O7/c26-16-1-3-18(4-2-16)28-25(35)30-12-21(37-14-20(32)13-31)11-22(30)24(34)27-17-5-7-19(8-6-17)29-9-10-36-15-23(29)33/h1-8,20-22,31-32H,9-15H2,(H,27,34)(H,28,35)/t20?,21-,22-/m1/s1. The number of urea groups is 1. The summed E-state index contributed by atoms with van der Waals surface area (Å²) in [6.07, 6.45) is -1.36. The maximum atomic E-state index is 13.2. The molecule has 4 amide bonds. The number of anilines is 3. The number of carbonyl (C=O) groups is 3. The Morgan fingerprint density at radius 2 is 1.78 bits per heavy atom. The van der Waals surface area contributed by atoms with E-state index in [0.29, 0.717) is 35.2 Å². The van der Waals surface area contributed by atoms with E-state index < -0.39 is 36.8 Å². The summed E-state index contributed by atoms with van der Waals surface area (Å²) < 4.78 is 10.8. The fraction of sp³-hybridized carbons (Fsp3) is 0.400. The molecule has 198 valence electrons. The smallest absolute Gasteiger partial charge is 0.322 e. The summed E-state index contributed by atoms with van der Waals surface area (Å²) in [5.74, 6) is -0.538. The van der Waals surface area contributed by atoms with Crippen LogP contribution in [0.1, 0.15) is 6.42 Å². The fourth-order valence-corrected chi connectivity index (χ4v) is 4.29. The van der Waals surface area contributed by atoms with Crippen molar-refractivity contribution in [3.05, 3.63) is 53.6 Å². The molecule has 2 aromatic rings. The molecule has 12 heteroatoms. The quantitative estimate of drug-likeness (QED) is 0.405. The maximum Gasteiger partial charge on any atom is 0.322 e. The SMILES string of the molecule is O=C(Nc1ccc(N2CCOCC2=O)cc1)[C@H]1C[C@@H](OCC(O)CO)CN1C(=O)Nc1ccc(Cl)cc1. The zero-order valence-corrected chi connectivity index (χ0v) is 20.8. The first-order valence-corrected chi connectivity index (χ1v) is 12.2. The Hall–Kier alpha value is -3.22. The summed E-state index contributed by atoms with van der Waals surface area (Å²) in [7, 11) is 0. The normalized spacial score (nSPS) is 20.6. The van der Waals surface area contributed by atoms with Crippen LogP contribution in [0.3, 0.4) is 0 Å². The molecule has 2 heterocycles. The minimum absolute atomic E-state index is 0.0344. The van der Waals surface area contributed by atoms with Crippen molar-refractivity contribution in [1.82, 2.24) is 4.90 Å². The molecule has 4 rings (SSSR count). The molecule has 2 fully saturated rings. The Kier molecular flexibility index (Phi) is 8.95. The zero-order valence-electron chi connectivity index (χ0n) is 20.0. The van der Waals surface area contributed by atoms with Crippen molar-refractivity contribution in [3.63, 3.8) is 0 Å². The van der Waals surface area contributed by atoms with E-state index in [9.17, 15) is 19.5 Å². The third-order valence-electron chi connectivity index (χ3n) is 6.09. The molecule has 0 bridgehead atoms. The van der Waals surface area contributed by atoms with Gasteiger partial charge in [-0.1, -0.05) is 11.6 Å². The predicted molar refractivity (Wildman–Crippen MR) is 137 cm³/mol. The van der Waals surface area contributed by atoms with E-state index in [-0.39, 0.29) is 32.1 Å². The number of halogens is 1. The van der Waals surface area contributed by atoms with Gasteiger partial charge in [-0.3, -0.25) is 9.59 Å². The number of ether oxygens (including phenoxy) is 2. The molecule has 0 radical (unpaired) electrons. The lowest BCUT2D eigenvalue weighted by Gasteiger charge is -2.27. The van der Waals surface area contributed by atoms with E-state index in [2.05, 4.69) is 10.6 Å². The summed E-state index contributed by atoms with van der Waals surface area (Å²) >= 11 is 5.91. The molecular formula is C25H29ClN4O7. The van der Waals surface area contributed by atoms with Gasteiger partial charge in [-0.2, -0.15) is 0 Å². The van der Waals surface area contributed by atoms with Gasteiger partial charge >= 0.3 is 6.03 Å². The molecule has 0 spiro atoms. The summed E-state index contributed by atoms with van der Waals surface area (Å²) in [6.45, 7) is 0.489. The highest BCUT2D eigenvalue weighted by Gasteiger charge is 2.40. The number of morpholine rings is 1. The topological polar surface area (TPSA) is 141 Å². The monoisotopic (exact) mass is 532 g/mol. The van der Waals surface area contributed by atoms with Crippen LogP contribution >= 0.6 is 11.6 Å². The number of hydrogen-bond acceptors (Lipinski definition) is 7. The first-order chi connectivity index (χ1) is 17.8. The van der Waals surface area contributed by atoms with Crippen molar-refractivity contribution in [3.8, 4) is 0 Å². The van der Waals surface area contributed by atoms with E-state index in [1.807, 2.05) is 0 Å². The van der Waals surface area contributed by atoms with Gasteiger partial charge in [0.2, 0.25) is 5.91 Å². The van der Waals surface area contributed by atoms with Gasteiger partial charge in [0.25, 0.3) is 5.91 Å². The van der Waals surface area contributed by atoms with Crippen molar-refractivity contribution < 1.29 is 34.1 Å². The molecule has 2 aliphatic heterocycles. The number of nitrogens with zero attached hydrogens (tertiary/aromatic N) is 2. The number of hydrogen-bond donors (Lipinski definition) is 4. The second kappa shape index (κ2) is 12.3. The average molecular weight is 533 g/mol. The van der Waals surface area contributed by atoms with Crippen LogP contribution in [0, 0.1) is 0 Å². The van der Waals surface area contributed by atoms with E-state index in [4.69, 9.17) is 26.2 Å². The van der Waals surface area contributed by atoms with Crippen LogP contribution in [-0.4, -0.2) is 90.7 Å². The predicted octanol–water partition coefficient (Wildman–Crippen LogP) is 1.69. The van der Waals surface area contributed by atoms with Crippen molar-refractivity contribution in [2.45, 2.75) is 24.7 Å². The summed E-state index contributed by atoms with van der Waals surface area (Å²) in [4.78, 5) is 41.4. The largest absolute Gasteiger partial charge is 0.394 e. The second-order valence-corrected chi connectivity index (χ2v) is 9.20. The number of benzene rings is 2. The highest BCUT2D eigenvalue weighted by atomic mass is 35.5. The Morgan fingerprint density at radius 1 is 1.11 bits per heavy atom. The molecule has 0 aromatic heterocycles. The number of amides is 4. The molecule has 4 N–H and O–H groups in total. The van der Waals surface area contributed by atoms with E-state index >= 15 is 0 Å². The second-order valence-electron chi connectivity index (χ2n) is 8.77. The van der Waals surface area contributed by atoms with Crippen LogP contribution in [0.5, 0.6) is 0 Å². The lowest BCUT2D eigenvalue weighted by molar-refractivity contribution is -0.125. The molecule has 37 heavy (non-hydrogen) atoms.